The van der Waals surface area contributed by atoms with E-state index in [1.807, 2.05) is 46.0 Å². The van der Waals surface area contributed by atoms with Crippen LogP contribution in [0.2, 0.25) is 5.02 Å². The highest BCUT2D eigenvalue weighted by Crippen LogP contribution is 2.36. The predicted molar refractivity (Wildman–Crippen MR) is 186 cm³/mol. The van der Waals surface area contributed by atoms with Crippen molar-refractivity contribution < 1.29 is 43.2 Å². The number of benzene rings is 3. The summed E-state index contributed by atoms with van der Waals surface area (Å²) in [5.74, 6) is -2.26. The predicted octanol–water partition coefficient (Wildman–Crippen LogP) is 7.50. The van der Waals surface area contributed by atoms with E-state index < -0.39 is 53.0 Å². The molecule has 0 unspecified atom stereocenters. The van der Waals surface area contributed by atoms with Crippen LogP contribution in [0.5, 0.6) is 0 Å². The summed E-state index contributed by atoms with van der Waals surface area (Å²) in [4.78, 5) is 9.43. The molecular weight excluding hydrogens is 768 g/mol. The van der Waals surface area contributed by atoms with Crippen molar-refractivity contribution in [1.82, 2.24) is 19.8 Å². The molecule has 0 radical (unpaired) electrons. The summed E-state index contributed by atoms with van der Waals surface area (Å²) >= 11 is 6.08. The fourth-order valence-electron chi connectivity index (χ4n) is 6.78. The molecule has 0 saturated carbocycles. The molecule has 0 bridgehead atoms. The van der Waals surface area contributed by atoms with Crippen LogP contribution < -0.4 is 4.72 Å². The molecule has 0 aliphatic carbocycles. The lowest BCUT2D eigenvalue weighted by Gasteiger charge is -2.40. The molecule has 1 N–H and O–H groups in total. The minimum Gasteiger partial charge on any atom is -0.299 e. The standard InChI is InChI=1S/C35H34ClF6N5O4S2/c1-2-22-9-12-27(19-31(22)52(48,49)35(40,41)42)53(50,51)45-32-29-15-18-47(21-30(29)43-33(44-32)34(37,38)39)26-13-16-46(17-14-26)20-24-5-3-4-6-28(24)23-7-10-25(36)11-8-23/h3-12,19,26H,2,13-18,20-21H2,1H3,(H,43,44,45). The molecule has 2 aliphatic rings. The number of rotatable bonds is 9. The second-order valence-electron chi connectivity index (χ2n) is 12.9. The highest BCUT2D eigenvalue weighted by molar-refractivity contribution is 7.93. The monoisotopic (exact) mass is 801 g/mol. The highest BCUT2D eigenvalue weighted by Gasteiger charge is 2.48. The molecule has 2 aliphatic heterocycles. The molecule has 0 spiro atoms. The van der Waals surface area contributed by atoms with Crippen LogP contribution in [0.1, 0.15) is 48.0 Å². The molecule has 9 nitrogen and oxygen atoms in total. The second-order valence-corrected chi connectivity index (χ2v) is 16.9. The maximum absolute atomic E-state index is 14.0. The van der Waals surface area contributed by atoms with E-state index >= 15 is 0 Å². The molecule has 53 heavy (non-hydrogen) atoms. The van der Waals surface area contributed by atoms with Gasteiger partial charge in [-0.05, 0) is 85.3 Å². The fourth-order valence-corrected chi connectivity index (χ4v) is 9.13. The summed E-state index contributed by atoms with van der Waals surface area (Å²) in [6, 6.07) is 17.9. The number of hydrogen-bond donors (Lipinski definition) is 1. The van der Waals surface area contributed by atoms with Crippen LogP contribution >= 0.6 is 11.6 Å². The Bertz CT molecular complexity index is 2210. The zero-order valence-corrected chi connectivity index (χ0v) is 30.6. The van der Waals surface area contributed by atoms with E-state index in [2.05, 4.69) is 27.0 Å². The second kappa shape index (κ2) is 14.8. The van der Waals surface area contributed by atoms with Gasteiger partial charge in [-0.2, -0.15) is 26.3 Å². The van der Waals surface area contributed by atoms with Crippen molar-refractivity contribution in [2.45, 2.75) is 73.2 Å². The quantitative estimate of drug-likeness (QED) is 0.173. The lowest BCUT2D eigenvalue weighted by molar-refractivity contribution is -0.145. The highest BCUT2D eigenvalue weighted by atomic mass is 35.5. The number of sulfonamides is 1. The number of aryl methyl sites for hydroxylation is 1. The number of halogens is 7. The summed E-state index contributed by atoms with van der Waals surface area (Å²) in [5, 5.41) is 0.644. The maximum Gasteiger partial charge on any atom is 0.501 e. The van der Waals surface area contributed by atoms with Crippen LogP contribution in [0.25, 0.3) is 11.1 Å². The van der Waals surface area contributed by atoms with E-state index in [1.165, 1.54) is 6.92 Å². The summed E-state index contributed by atoms with van der Waals surface area (Å²) in [7, 11) is -10.9. The Kier molecular flexibility index (Phi) is 10.9. The molecule has 18 heteroatoms. The van der Waals surface area contributed by atoms with Crippen LogP contribution in [0, 0.1) is 0 Å². The lowest BCUT2D eigenvalue weighted by atomic mass is 9.96. The van der Waals surface area contributed by atoms with Gasteiger partial charge < -0.3 is 0 Å². The molecule has 6 rings (SSSR count). The van der Waals surface area contributed by atoms with Gasteiger partial charge in [0.05, 0.1) is 15.5 Å². The number of hydrogen-bond acceptors (Lipinski definition) is 8. The summed E-state index contributed by atoms with van der Waals surface area (Å²) in [6.07, 6.45) is -3.68. The van der Waals surface area contributed by atoms with Gasteiger partial charge in [0.15, 0.2) is 0 Å². The van der Waals surface area contributed by atoms with Crippen molar-refractivity contribution in [3.8, 4) is 11.1 Å². The largest absolute Gasteiger partial charge is 0.501 e. The smallest absolute Gasteiger partial charge is 0.299 e. The van der Waals surface area contributed by atoms with Gasteiger partial charge in [0.2, 0.25) is 5.82 Å². The number of nitrogens with zero attached hydrogens (tertiary/aromatic N) is 4. The van der Waals surface area contributed by atoms with Crippen molar-refractivity contribution in [3.05, 3.63) is 100.0 Å². The minimum absolute atomic E-state index is 0.0150. The number of fused-ring (bicyclic) bond motifs is 1. The Morgan fingerprint density at radius 1 is 0.868 bits per heavy atom. The first kappa shape index (κ1) is 38.9. The molecular formula is C35H34ClF6N5O4S2. The Morgan fingerprint density at radius 2 is 1.55 bits per heavy atom. The topological polar surface area (TPSA) is 113 Å². The molecule has 4 aromatic rings. The first-order valence-corrected chi connectivity index (χ1v) is 20.0. The van der Waals surface area contributed by atoms with Gasteiger partial charge in [0.25, 0.3) is 19.9 Å². The van der Waals surface area contributed by atoms with Gasteiger partial charge in [0.1, 0.15) is 5.82 Å². The molecule has 1 aromatic heterocycles. The summed E-state index contributed by atoms with van der Waals surface area (Å²) in [5.41, 5.74) is -2.64. The van der Waals surface area contributed by atoms with E-state index in [1.54, 1.807) is 0 Å². The number of sulfone groups is 1. The zero-order chi connectivity index (χ0) is 38.3. The van der Waals surface area contributed by atoms with E-state index in [-0.39, 0.29) is 42.2 Å². The third-order valence-corrected chi connectivity index (χ3v) is 12.7. The molecule has 0 atom stereocenters. The Morgan fingerprint density at radius 3 is 2.19 bits per heavy atom. The number of piperidine rings is 1. The minimum atomic E-state index is -5.95. The summed E-state index contributed by atoms with van der Waals surface area (Å²) < 4.78 is 136. The van der Waals surface area contributed by atoms with E-state index in [0.717, 1.165) is 54.8 Å². The lowest BCUT2D eigenvalue weighted by Crippen LogP contribution is -2.46. The number of alkyl halides is 6. The van der Waals surface area contributed by atoms with Gasteiger partial charge >= 0.3 is 11.7 Å². The van der Waals surface area contributed by atoms with E-state index in [0.29, 0.717) is 24.2 Å². The average Bonchev–Trinajstić information content (AvgIpc) is 3.11. The number of aromatic nitrogens is 2. The maximum atomic E-state index is 14.0. The van der Waals surface area contributed by atoms with Crippen LogP contribution in [0.3, 0.4) is 0 Å². The SMILES string of the molecule is CCc1ccc(S(=O)(=O)Nc2nc(C(F)(F)F)nc3c2CCN(C2CCN(Cc4ccccc4-c4ccc(Cl)cc4)CC2)C3)cc1S(=O)(=O)C(F)(F)F. The van der Waals surface area contributed by atoms with Crippen molar-refractivity contribution in [1.29, 1.82) is 0 Å². The van der Waals surface area contributed by atoms with E-state index in [4.69, 9.17) is 11.6 Å². The van der Waals surface area contributed by atoms with Gasteiger partial charge in [-0.3, -0.25) is 14.5 Å². The normalized spacial score (nSPS) is 16.8. The molecule has 0 amide bonds. The number of anilines is 1. The number of nitrogens with one attached hydrogen (secondary N) is 1. The zero-order valence-electron chi connectivity index (χ0n) is 28.2. The van der Waals surface area contributed by atoms with Gasteiger partial charge in [0, 0.05) is 36.3 Å². The molecule has 3 heterocycles. The summed E-state index contributed by atoms with van der Waals surface area (Å²) in [6.45, 7) is 3.89. The van der Waals surface area contributed by atoms with E-state index in [9.17, 15) is 43.2 Å². The van der Waals surface area contributed by atoms with Gasteiger partial charge in [-0.25, -0.2) is 26.8 Å². The third-order valence-electron chi connectivity index (χ3n) is 9.54. The van der Waals surface area contributed by atoms with Crippen molar-refractivity contribution >= 4 is 37.3 Å². The molecule has 3 aromatic carbocycles. The first-order chi connectivity index (χ1) is 24.9. The third kappa shape index (κ3) is 8.33. The van der Waals surface area contributed by atoms with Gasteiger partial charge in [-0.1, -0.05) is 61.0 Å². The molecule has 1 saturated heterocycles. The van der Waals surface area contributed by atoms with Crippen LogP contribution in [-0.2, 0) is 52.0 Å². The van der Waals surface area contributed by atoms with Crippen LogP contribution in [-0.4, -0.2) is 67.8 Å². The van der Waals surface area contributed by atoms with Crippen molar-refractivity contribution in [2.24, 2.45) is 0 Å². The Labute approximate surface area is 308 Å². The fraction of sp³-hybridized carbons (Fsp3) is 0.371. The van der Waals surface area contributed by atoms with Gasteiger partial charge in [-0.15, -0.1) is 0 Å². The first-order valence-electron chi connectivity index (χ1n) is 16.6. The Hall–Kier alpha value is -3.77. The van der Waals surface area contributed by atoms with Crippen molar-refractivity contribution in [3.63, 3.8) is 0 Å². The number of likely N-dealkylation sites (tertiary alicyclic amines) is 1. The van der Waals surface area contributed by atoms with Crippen LogP contribution in [0.15, 0.2) is 76.5 Å². The average molecular weight is 802 g/mol. The Balaban J connectivity index is 1.20. The molecule has 1 fully saturated rings. The van der Waals surface area contributed by atoms with Crippen LogP contribution in [0.4, 0.5) is 32.2 Å². The van der Waals surface area contributed by atoms with Crippen molar-refractivity contribution in [2.75, 3.05) is 24.4 Å². The molecule has 284 valence electrons.